The summed E-state index contributed by atoms with van der Waals surface area (Å²) in [7, 11) is 0. The van der Waals surface area contributed by atoms with E-state index in [-0.39, 0.29) is 31.2 Å². The summed E-state index contributed by atoms with van der Waals surface area (Å²) in [6, 6.07) is 9.66. The van der Waals surface area contributed by atoms with Crippen molar-refractivity contribution >= 4 is 23.2 Å². The van der Waals surface area contributed by atoms with Gasteiger partial charge in [-0.2, -0.15) is 0 Å². The molecule has 144 valence electrons. The number of benzene rings is 1. The molecule has 7 heteroatoms. The minimum absolute atomic E-state index is 0.0272. The highest BCUT2D eigenvalue weighted by molar-refractivity contribution is 7.09. The molecule has 0 fully saturated rings. The van der Waals surface area contributed by atoms with E-state index in [1.54, 1.807) is 21.1 Å². The Kier molecular flexibility index (Phi) is 6.01. The Labute approximate surface area is 163 Å². The molecule has 0 bridgehead atoms. The van der Waals surface area contributed by atoms with E-state index in [1.807, 2.05) is 49.6 Å². The molecule has 1 aliphatic heterocycles. The van der Waals surface area contributed by atoms with Crippen LogP contribution in [0.4, 0.5) is 0 Å². The average Bonchev–Trinajstić information content (AvgIpc) is 3.29. The largest absolute Gasteiger partial charge is 0.454 e. The van der Waals surface area contributed by atoms with Crippen LogP contribution in [0.15, 0.2) is 35.7 Å². The van der Waals surface area contributed by atoms with Gasteiger partial charge in [0.15, 0.2) is 11.5 Å². The van der Waals surface area contributed by atoms with Gasteiger partial charge in [-0.05, 0) is 43.0 Å². The quantitative estimate of drug-likeness (QED) is 0.731. The Morgan fingerprint density at radius 3 is 2.59 bits per heavy atom. The number of carbonyl (C=O) groups excluding carboxylic acids is 2. The summed E-state index contributed by atoms with van der Waals surface area (Å²) >= 11 is 1.61. The summed E-state index contributed by atoms with van der Waals surface area (Å²) in [5.74, 6) is 1.24. The van der Waals surface area contributed by atoms with Gasteiger partial charge in [-0.3, -0.25) is 9.59 Å². The summed E-state index contributed by atoms with van der Waals surface area (Å²) in [6.07, 6.45) is 0. The molecular weight excluding hydrogens is 364 g/mol. The lowest BCUT2D eigenvalue weighted by atomic mass is 10.2. The molecule has 0 unspecified atom stereocenters. The highest BCUT2D eigenvalue weighted by Crippen LogP contribution is 2.33. The fourth-order valence-electron chi connectivity index (χ4n) is 2.99. The first-order valence-electron chi connectivity index (χ1n) is 8.90. The van der Waals surface area contributed by atoms with Crippen molar-refractivity contribution in [3.05, 3.63) is 46.2 Å². The Bertz CT molecular complexity index is 804. The van der Waals surface area contributed by atoms with Crippen LogP contribution in [-0.4, -0.2) is 41.0 Å². The third-order valence-corrected chi connectivity index (χ3v) is 5.28. The molecule has 0 radical (unpaired) electrons. The van der Waals surface area contributed by atoms with Gasteiger partial charge in [-0.15, -0.1) is 11.3 Å². The van der Waals surface area contributed by atoms with Crippen LogP contribution in [0, 0.1) is 0 Å². The highest BCUT2D eigenvalue weighted by atomic mass is 32.1. The molecule has 2 heterocycles. The third-order valence-electron chi connectivity index (χ3n) is 4.42. The molecule has 1 aromatic heterocycles. The number of fused-ring (bicyclic) bond motifs is 1. The second-order valence-corrected chi connectivity index (χ2v) is 7.79. The normalized spacial score (nSPS) is 12.3. The average molecular weight is 388 g/mol. The van der Waals surface area contributed by atoms with Crippen LogP contribution >= 0.6 is 11.3 Å². The number of ether oxygens (including phenoxy) is 2. The lowest BCUT2D eigenvalue weighted by Crippen LogP contribution is -2.44. The topological polar surface area (TPSA) is 59.1 Å². The molecule has 2 aromatic rings. The summed E-state index contributed by atoms with van der Waals surface area (Å²) < 4.78 is 10.8. The van der Waals surface area contributed by atoms with Gasteiger partial charge >= 0.3 is 0 Å². The maximum Gasteiger partial charge on any atom is 0.242 e. The number of hydrogen-bond donors (Lipinski definition) is 0. The number of thiophene rings is 1. The molecule has 0 N–H and O–H groups in total. The molecule has 0 saturated heterocycles. The standard InChI is InChI=1S/C20H24N2O4S/c1-14(2)22(15(3)23)12-20(24)21(11-17-5-4-8-27-17)10-16-6-7-18-19(9-16)26-13-25-18/h4-9,14H,10-13H2,1-3H3. The fourth-order valence-corrected chi connectivity index (χ4v) is 3.71. The molecule has 1 aliphatic rings. The molecule has 1 aromatic carbocycles. The molecule has 2 amide bonds. The maximum absolute atomic E-state index is 13.0. The lowest BCUT2D eigenvalue weighted by molar-refractivity contribution is -0.141. The molecule has 0 aliphatic carbocycles. The van der Waals surface area contributed by atoms with Crippen molar-refractivity contribution in [3.8, 4) is 11.5 Å². The van der Waals surface area contributed by atoms with Crippen molar-refractivity contribution in [1.82, 2.24) is 9.80 Å². The van der Waals surface area contributed by atoms with Gasteiger partial charge in [0.05, 0.1) is 13.1 Å². The SMILES string of the molecule is CC(=O)N(CC(=O)N(Cc1ccc2c(c1)OCO2)Cc1cccs1)C(C)C. The van der Waals surface area contributed by atoms with Crippen LogP contribution in [0.25, 0.3) is 0 Å². The van der Waals surface area contributed by atoms with Crippen molar-refractivity contribution in [3.63, 3.8) is 0 Å². The van der Waals surface area contributed by atoms with E-state index in [9.17, 15) is 9.59 Å². The summed E-state index contributed by atoms with van der Waals surface area (Å²) in [5, 5.41) is 1.99. The van der Waals surface area contributed by atoms with Crippen LogP contribution in [0.2, 0.25) is 0 Å². The molecule has 0 atom stereocenters. The van der Waals surface area contributed by atoms with E-state index in [2.05, 4.69) is 0 Å². The number of amides is 2. The van der Waals surface area contributed by atoms with E-state index in [4.69, 9.17) is 9.47 Å². The number of hydrogen-bond acceptors (Lipinski definition) is 5. The summed E-state index contributed by atoms with van der Waals surface area (Å²) in [6.45, 7) is 6.56. The van der Waals surface area contributed by atoms with Gasteiger partial charge in [0.2, 0.25) is 18.6 Å². The van der Waals surface area contributed by atoms with E-state index in [1.165, 1.54) is 6.92 Å². The van der Waals surface area contributed by atoms with Crippen LogP contribution in [0.3, 0.4) is 0 Å². The minimum atomic E-state index is -0.0995. The van der Waals surface area contributed by atoms with Crippen LogP contribution in [0.5, 0.6) is 11.5 Å². The monoisotopic (exact) mass is 388 g/mol. The molecule has 0 saturated carbocycles. The number of carbonyl (C=O) groups is 2. The number of nitrogens with zero attached hydrogens (tertiary/aromatic N) is 2. The molecule has 3 rings (SSSR count). The van der Waals surface area contributed by atoms with Gasteiger partial charge in [0, 0.05) is 24.4 Å². The fraction of sp³-hybridized carbons (Fsp3) is 0.400. The Balaban J connectivity index is 1.77. The molecule has 27 heavy (non-hydrogen) atoms. The first kappa shape index (κ1) is 19.2. The van der Waals surface area contributed by atoms with Crippen molar-refractivity contribution in [1.29, 1.82) is 0 Å². The predicted octanol–water partition coefficient (Wildman–Crippen LogP) is 3.26. The van der Waals surface area contributed by atoms with Gasteiger partial charge in [-0.25, -0.2) is 0 Å². The first-order chi connectivity index (χ1) is 12.9. The Morgan fingerprint density at radius 1 is 1.15 bits per heavy atom. The molecule has 0 spiro atoms. The predicted molar refractivity (Wildman–Crippen MR) is 104 cm³/mol. The van der Waals surface area contributed by atoms with Crippen LogP contribution in [0.1, 0.15) is 31.2 Å². The van der Waals surface area contributed by atoms with Crippen molar-refractivity contribution < 1.29 is 19.1 Å². The van der Waals surface area contributed by atoms with Gasteiger partial charge in [0.1, 0.15) is 0 Å². The zero-order chi connectivity index (χ0) is 19.4. The number of rotatable bonds is 7. The van der Waals surface area contributed by atoms with Gasteiger partial charge in [-0.1, -0.05) is 12.1 Å². The molecule has 6 nitrogen and oxygen atoms in total. The van der Waals surface area contributed by atoms with E-state index < -0.39 is 0 Å². The molecular formula is C20H24N2O4S. The zero-order valence-electron chi connectivity index (χ0n) is 15.8. The van der Waals surface area contributed by atoms with Crippen molar-refractivity contribution in [2.45, 2.75) is 39.9 Å². The lowest BCUT2D eigenvalue weighted by Gasteiger charge is -2.29. The summed E-state index contributed by atoms with van der Waals surface area (Å²) in [5.41, 5.74) is 0.961. The van der Waals surface area contributed by atoms with Crippen molar-refractivity contribution in [2.24, 2.45) is 0 Å². The van der Waals surface area contributed by atoms with E-state index in [0.717, 1.165) is 16.2 Å². The second-order valence-electron chi connectivity index (χ2n) is 6.76. The minimum Gasteiger partial charge on any atom is -0.454 e. The van der Waals surface area contributed by atoms with E-state index in [0.29, 0.717) is 18.8 Å². The van der Waals surface area contributed by atoms with Crippen molar-refractivity contribution in [2.75, 3.05) is 13.3 Å². The Morgan fingerprint density at radius 2 is 1.93 bits per heavy atom. The van der Waals surface area contributed by atoms with Crippen LogP contribution < -0.4 is 9.47 Å². The highest BCUT2D eigenvalue weighted by Gasteiger charge is 2.23. The smallest absolute Gasteiger partial charge is 0.242 e. The van der Waals surface area contributed by atoms with Gasteiger partial charge < -0.3 is 19.3 Å². The summed E-state index contributed by atoms with van der Waals surface area (Å²) in [4.78, 5) is 29.3. The van der Waals surface area contributed by atoms with Gasteiger partial charge in [0.25, 0.3) is 0 Å². The third kappa shape index (κ3) is 4.80. The Hall–Kier alpha value is -2.54. The van der Waals surface area contributed by atoms with Crippen LogP contribution in [-0.2, 0) is 22.7 Å². The van der Waals surface area contributed by atoms with E-state index >= 15 is 0 Å². The maximum atomic E-state index is 13.0. The first-order valence-corrected chi connectivity index (χ1v) is 9.78. The zero-order valence-corrected chi connectivity index (χ0v) is 16.6. The second kappa shape index (κ2) is 8.43.